The Labute approximate surface area is 223 Å². The summed E-state index contributed by atoms with van der Waals surface area (Å²) in [5.41, 5.74) is 12.0. The van der Waals surface area contributed by atoms with E-state index in [-0.39, 0.29) is 5.04 Å². The quantitative estimate of drug-likeness (QED) is 0.264. The van der Waals surface area contributed by atoms with Crippen LogP contribution in [0.5, 0.6) is 0 Å². The van der Waals surface area contributed by atoms with Gasteiger partial charge in [-0.25, -0.2) is 15.0 Å². The lowest BCUT2D eigenvalue weighted by Crippen LogP contribution is -2.40. The van der Waals surface area contributed by atoms with Crippen LogP contribution in [0.2, 0.25) is 18.1 Å². The van der Waals surface area contributed by atoms with Crippen molar-refractivity contribution < 1.29 is 4.43 Å². The summed E-state index contributed by atoms with van der Waals surface area (Å²) in [6, 6.07) is 16.0. The number of rotatable bonds is 7. The van der Waals surface area contributed by atoms with Crippen LogP contribution in [-0.2, 0) is 17.6 Å². The molecule has 0 radical (unpaired) electrons. The van der Waals surface area contributed by atoms with Crippen LogP contribution in [0, 0.1) is 0 Å². The van der Waals surface area contributed by atoms with Crippen LogP contribution >= 0.6 is 0 Å². The van der Waals surface area contributed by atoms with Crippen LogP contribution in [0.4, 0.5) is 5.82 Å². The molecule has 0 aliphatic rings. The Morgan fingerprint density at radius 1 is 0.974 bits per heavy atom. The summed E-state index contributed by atoms with van der Waals surface area (Å²) < 4.78 is 8.46. The van der Waals surface area contributed by atoms with Gasteiger partial charge in [-0.3, -0.25) is 4.57 Å². The largest absolute Gasteiger partial charge is 0.413 e. The molecule has 5 aromatic rings. The highest BCUT2D eigenvalue weighted by molar-refractivity contribution is 6.74. The Morgan fingerprint density at radius 2 is 1.74 bits per heavy atom. The number of hydrogen-bond donors (Lipinski definition) is 1. The van der Waals surface area contributed by atoms with Gasteiger partial charge in [-0.05, 0) is 67.0 Å². The second kappa shape index (κ2) is 9.77. The predicted molar refractivity (Wildman–Crippen MR) is 153 cm³/mol. The highest BCUT2D eigenvalue weighted by atomic mass is 28.4. The van der Waals surface area contributed by atoms with Crippen molar-refractivity contribution >= 4 is 25.3 Å². The van der Waals surface area contributed by atoms with Crippen LogP contribution in [0.1, 0.15) is 33.3 Å². The normalized spacial score (nSPS) is 12.4. The molecule has 0 aliphatic heterocycles. The van der Waals surface area contributed by atoms with E-state index >= 15 is 0 Å². The molecule has 4 aromatic heterocycles. The maximum Gasteiger partial charge on any atom is 0.192 e. The van der Waals surface area contributed by atoms with Crippen LogP contribution in [-0.4, -0.2) is 42.8 Å². The number of nitrogen functional groups attached to an aromatic ring is 1. The molecule has 0 bridgehead atoms. The first-order chi connectivity index (χ1) is 18.1. The number of fused-ring (bicyclic) bond motifs is 1. The maximum atomic E-state index is 6.43. The monoisotopic (exact) mass is 526 g/mol. The summed E-state index contributed by atoms with van der Waals surface area (Å²) in [6.07, 6.45) is 3.41. The SMILES string of the molecule is CCn1ncc(-c2ccc3nc(-c4cccnc4N)n(-c4ccc(CO[Si](C)(C)C(C)(C)C)cc4)c3n2)n1. The number of aromatic nitrogens is 7. The molecule has 1 aromatic carbocycles. The first-order valence-corrected chi connectivity index (χ1v) is 15.7. The molecule has 0 unspecified atom stereocenters. The van der Waals surface area contributed by atoms with E-state index in [0.29, 0.717) is 36.1 Å². The topological polar surface area (TPSA) is 110 Å². The van der Waals surface area contributed by atoms with Crippen molar-refractivity contribution in [2.45, 2.75) is 59.0 Å². The third-order valence-corrected chi connectivity index (χ3v) is 11.7. The summed E-state index contributed by atoms with van der Waals surface area (Å²) in [5.74, 6) is 1.09. The first kappa shape index (κ1) is 25.7. The minimum Gasteiger partial charge on any atom is -0.413 e. The third-order valence-electron chi connectivity index (χ3n) is 7.27. The summed E-state index contributed by atoms with van der Waals surface area (Å²) in [7, 11) is -1.85. The highest BCUT2D eigenvalue weighted by Crippen LogP contribution is 2.37. The van der Waals surface area contributed by atoms with Gasteiger partial charge >= 0.3 is 0 Å². The Bertz CT molecular complexity index is 1580. The molecule has 196 valence electrons. The molecule has 10 heteroatoms. The molecule has 0 atom stereocenters. The van der Waals surface area contributed by atoms with Crippen LogP contribution in [0.15, 0.2) is 60.9 Å². The molecule has 0 saturated carbocycles. The van der Waals surface area contributed by atoms with E-state index in [2.05, 4.69) is 73.3 Å². The minimum absolute atomic E-state index is 0.160. The Hall–Kier alpha value is -3.89. The molecule has 5 rings (SSSR count). The summed E-state index contributed by atoms with van der Waals surface area (Å²) in [5, 5.41) is 8.99. The zero-order valence-corrected chi connectivity index (χ0v) is 23.8. The molecule has 0 aliphatic carbocycles. The summed E-state index contributed by atoms with van der Waals surface area (Å²) in [4.78, 5) is 15.8. The molecular weight excluding hydrogens is 492 g/mol. The summed E-state index contributed by atoms with van der Waals surface area (Å²) >= 11 is 0. The van der Waals surface area contributed by atoms with Gasteiger partial charge in [0.2, 0.25) is 0 Å². The van der Waals surface area contributed by atoms with E-state index in [1.165, 1.54) is 0 Å². The number of nitrogens with zero attached hydrogens (tertiary/aromatic N) is 7. The van der Waals surface area contributed by atoms with E-state index in [9.17, 15) is 0 Å². The standard InChI is InChI=1S/C28H34N8OSi/c1-7-35-31-17-24(34-35)22-14-15-23-27(32-22)36(26(33-23)21-9-8-16-30-25(21)29)20-12-10-19(11-13-20)18-37-38(5,6)28(2,3)4/h8-17H,7,18H2,1-6H3,(H2,29,30). The van der Waals surface area contributed by atoms with E-state index in [1.54, 1.807) is 17.2 Å². The zero-order valence-electron chi connectivity index (χ0n) is 22.8. The minimum atomic E-state index is -1.85. The van der Waals surface area contributed by atoms with Crippen LogP contribution in [0.3, 0.4) is 0 Å². The lowest BCUT2D eigenvalue weighted by molar-refractivity contribution is 0.276. The average molecular weight is 527 g/mol. The van der Waals surface area contributed by atoms with Crippen LogP contribution < -0.4 is 5.73 Å². The number of nitrogens with two attached hydrogens (primary N) is 1. The lowest BCUT2D eigenvalue weighted by atomic mass is 10.2. The van der Waals surface area contributed by atoms with Crippen molar-refractivity contribution in [2.24, 2.45) is 0 Å². The fourth-order valence-corrected chi connectivity index (χ4v) is 4.88. The Kier molecular flexibility index (Phi) is 6.62. The van der Waals surface area contributed by atoms with Gasteiger partial charge in [0.1, 0.15) is 17.0 Å². The molecular formula is C28H34N8OSi. The van der Waals surface area contributed by atoms with E-state index < -0.39 is 8.32 Å². The maximum absolute atomic E-state index is 6.43. The van der Waals surface area contributed by atoms with E-state index in [0.717, 1.165) is 28.0 Å². The molecule has 0 saturated heterocycles. The smallest absolute Gasteiger partial charge is 0.192 e. The number of aryl methyl sites for hydroxylation is 1. The molecule has 0 amide bonds. The van der Waals surface area contributed by atoms with Gasteiger partial charge in [0.05, 0.1) is 30.6 Å². The zero-order chi connectivity index (χ0) is 27.1. The van der Waals surface area contributed by atoms with Crippen molar-refractivity contribution in [1.82, 2.24) is 34.5 Å². The fraction of sp³-hybridized carbons (Fsp3) is 0.321. The predicted octanol–water partition coefficient (Wildman–Crippen LogP) is 5.86. The number of imidazole rings is 1. The van der Waals surface area contributed by atoms with Crippen molar-refractivity contribution in [1.29, 1.82) is 0 Å². The first-order valence-electron chi connectivity index (χ1n) is 12.8. The van der Waals surface area contributed by atoms with Gasteiger partial charge in [0.15, 0.2) is 19.8 Å². The van der Waals surface area contributed by atoms with Crippen molar-refractivity contribution in [3.05, 3.63) is 66.5 Å². The van der Waals surface area contributed by atoms with Gasteiger partial charge in [-0.2, -0.15) is 15.0 Å². The van der Waals surface area contributed by atoms with Crippen LogP contribution in [0.25, 0.3) is 39.6 Å². The highest BCUT2D eigenvalue weighted by Gasteiger charge is 2.37. The van der Waals surface area contributed by atoms with Gasteiger partial charge in [0.25, 0.3) is 0 Å². The number of anilines is 1. The molecule has 38 heavy (non-hydrogen) atoms. The molecule has 0 fully saturated rings. The number of benzene rings is 1. The Morgan fingerprint density at radius 3 is 2.39 bits per heavy atom. The average Bonchev–Trinajstić information content (AvgIpc) is 3.52. The number of hydrogen-bond acceptors (Lipinski definition) is 7. The number of pyridine rings is 2. The van der Waals surface area contributed by atoms with E-state index in [4.69, 9.17) is 20.1 Å². The molecule has 9 nitrogen and oxygen atoms in total. The third kappa shape index (κ3) is 4.84. The van der Waals surface area contributed by atoms with Crippen molar-refractivity contribution in [3.63, 3.8) is 0 Å². The molecule has 4 heterocycles. The molecule has 2 N–H and O–H groups in total. The van der Waals surface area contributed by atoms with Gasteiger partial charge in [-0.1, -0.05) is 32.9 Å². The van der Waals surface area contributed by atoms with Crippen molar-refractivity contribution in [3.8, 4) is 28.5 Å². The van der Waals surface area contributed by atoms with Gasteiger partial charge in [0, 0.05) is 11.9 Å². The van der Waals surface area contributed by atoms with E-state index in [1.807, 2.05) is 35.8 Å². The molecule has 0 spiro atoms. The van der Waals surface area contributed by atoms with Gasteiger partial charge in [-0.15, -0.1) is 0 Å². The van der Waals surface area contributed by atoms with Crippen molar-refractivity contribution in [2.75, 3.05) is 5.73 Å². The Balaban J connectivity index is 1.59. The lowest BCUT2D eigenvalue weighted by Gasteiger charge is -2.36. The second-order valence-corrected chi connectivity index (χ2v) is 15.7. The second-order valence-electron chi connectivity index (χ2n) is 10.9. The summed E-state index contributed by atoms with van der Waals surface area (Å²) in [6.45, 7) is 14.6. The fourth-order valence-electron chi connectivity index (χ4n) is 3.92. The van der Waals surface area contributed by atoms with Gasteiger partial charge < -0.3 is 10.2 Å².